The molecule has 0 amide bonds. The molecule has 0 saturated carbocycles. The monoisotopic (exact) mass is 251 g/mol. The summed E-state index contributed by atoms with van der Waals surface area (Å²) in [5, 5.41) is 15.6. The number of anilines is 1. The molecule has 0 aromatic carbocycles. The molecule has 2 heterocycles. The fraction of sp³-hybridized carbons (Fsp3) is 0. The number of rotatable bonds is 2. The summed E-state index contributed by atoms with van der Waals surface area (Å²) in [6.45, 7) is 0. The first kappa shape index (κ1) is 13.1. The first-order valence-electron chi connectivity index (χ1n) is 4.54. The molecule has 2 rings (SSSR count). The number of aromatic nitrogens is 4. The van der Waals surface area contributed by atoms with E-state index in [1.807, 2.05) is 0 Å². The third-order valence-corrected chi connectivity index (χ3v) is 1.62. The molecule has 0 atom stereocenters. The molecular formula is C9H9N5O4. The lowest BCUT2D eigenvalue weighted by atomic mass is 10.5. The van der Waals surface area contributed by atoms with Crippen LogP contribution in [-0.2, 0) is 9.59 Å². The maximum absolute atomic E-state index is 9.55. The van der Waals surface area contributed by atoms with Gasteiger partial charge in [-0.05, 0) is 0 Å². The number of nitrogens with zero attached hydrogens (tertiary/aromatic N) is 3. The molecule has 0 saturated heterocycles. The summed E-state index contributed by atoms with van der Waals surface area (Å²) >= 11 is 0. The van der Waals surface area contributed by atoms with Crippen molar-refractivity contribution >= 4 is 28.9 Å². The highest BCUT2D eigenvalue weighted by Gasteiger charge is 1.99. The van der Waals surface area contributed by atoms with Crippen LogP contribution in [0.3, 0.4) is 0 Å². The third kappa shape index (κ3) is 3.89. The predicted molar refractivity (Wildman–Crippen MR) is 60.5 cm³/mol. The number of hydrogen-bond donors (Lipinski definition) is 4. The van der Waals surface area contributed by atoms with Gasteiger partial charge in [-0.2, -0.15) is 0 Å². The number of aromatic amines is 1. The molecule has 0 aliphatic rings. The molecule has 0 aliphatic carbocycles. The Labute approximate surface area is 100 Å². The molecule has 9 nitrogen and oxygen atoms in total. The Morgan fingerprint density at radius 1 is 1.17 bits per heavy atom. The molecule has 0 aliphatic heterocycles. The lowest BCUT2D eigenvalue weighted by Gasteiger charge is -1.89. The number of carboxylic acid groups (broad SMARTS) is 2. The van der Waals surface area contributed by atoms with Gasteiger partial charge in [-0.15, -0.1) is 0 Å². The summed E-state index contributed by atoms with van der Waals surface area (Å²) in [5.74, 6) is -2.08. The van der Waals surface area contributed by atoms with E-state index < -0.39 is 11.9 Å². The van der Waals surface area contributed by atoms with Gasteiger partial charge in [0, 0.05) is 12.2 Å². The van der Waals surface area contributed by atoms with Crippen LogP contribution in [0.2, 0.25) is 0 Å². The van der Waals surface area contributed by atoms with E-state index in [1.54, 1.807) is 0 Å². The van der Waals surface area contributed by atoms with Crippen molar-refractivity contribution in [3.8, 4) is 0 Å². The van der Waals surface area contributed by atoms with Gasteiger partial charge in [0.2, 0.25) is 0 Å². The quantitative estimate of drug-likeness (QED) is 0.527. The number of imidazole rings is 1. The van der Waals surface area contributed by atoms with E-state index in [1.165, 1.54) is 12.7 Å². The van der Waals surface area contributed by atoms with Crippen molar-refractivity contribution in [2.75, 3.05) is 5.73 Å². The normalized spacial score (nSPS) is 10.0. The topological polar surface area (TPSA) is 155 Å². The van der Waals surface area contributed by atoms with Crippen molar-refractivity contribution in [3.63, 3.8) is 0 Å². The zero-order valence-electron chi connectivity index (χ0n) is 8.94. The first-order chi connectivity index (χ1) is 8.50. The van der Waals surface area contributed by atoms with Crippen molar-refractivity contribution < 1.29 is 19.8 Å². The predicted octanol–water partition coefficient (Wildman–Crippen LogP) is -0.353. The summed E-state index contributed by atoms with van der Waals surface area (Å²) in [4.78, 5) is 33.5. The molecule has 0 bridgehead atoms. The van der Waals surface area contributed by atoms with Crippen LogP contribution in [0.1, 0.15) is 0 Å². The number of carbonyl (C=O) groups is 2. The SMILES string of the molecule is Nc1ncnc2nc[nH]c12.O=C(O)C=CC(=O)O. The number of aliphatic carboxylic acids is 2. The molecule has 9 heteroatoms. The van der Waals surface area contributed by atoms with Crippen LogP contribution in [0.4, 0.5) is 5.82 Å². The van der Waals surface area contributed by atoms with Gasteiger partial charge in [-0.25, -0.2) is 24.5 Å². The fourth-order valence-electron chi connectivity index (χ4n) is 0.926. The zero-order chi connectivity index (χ0) is 13.5. The largest absolute Gasteiger partial charge is 0.478 e. The van der Waals surface area contributed by atoms with E-state index in [0.29, 0.717) is 29.1 Å². The minimum atomic E-state index is -1.26. The molecule has 2 aromatic heterocycles. The standard InChI is InChI=1S/C5H5N5.C4H4O4/c6-4-3-5(9-1-7-3)10-2-8-4;5-3(6)1-2-4(7)8/h1-2H,(H3,6,7,8,9,10);1-2H,(H,5,6)(H,7,8). The van der Waals surface area contributed by atoms with E-state index in [0.717, 1.165) is 0 Å². The van der Waals surface area contributed by atoms with Gasteiger partial charge in [0.15, 0.2) is 11.5 Å². The van der Waals surface area contributed by atoms with Crippen LogP contribution in [0.15, 0.2) is 24.8 Å². The summed E-state index contributed by atoms with van der Waals surface area (Å²) < 4.78 is 0. The number of nitrogen functional groups attached to an aromatic ring is 1. The van der Waals surface area contributed by atoms with Crippen LogP contribution in [0, 0.1) is 0 Å². The maximum Gasteiger partial charge on any atom is 0.328 e. The minimum Gasteiger partial charge on any atom is -0.478 e. The van der Waals surface area contributed by atoms with Gasteiger partial charge in [-0.1, -0.05) is 0 Å². The van der Waals surface area contributed by atoms with Crippen molar-refractivity contribution in [1.29, 1.82) is 0 Å². The number of nitrogens with one attached hydrogen (secondary N) is 1. The highest BCUT2D eigenvalue weighted by atomic mass is 16.4. The lowest BCUT2D eigenvalue weighted by Crippen LogP contribution is -1.91. The molecule has 18 heavy (non-hydrogen) atoms. The van der Waals surface area contributed by atoms with E-state index >= 15 is 0 Å². The smallest absolute Gasteiger partial charge is 0.328 e. The molecular weight excluding hydrogens is 242 g/mol. The van der Waals surface area contributed by atoms with Gasteiger partial charge in [-0.3, -0.25) is 0 Å². The van der Waals surface area contributed by atoms with Gasteiger partial charge >= 0.3 is 11.9 Å². The van der Waals surface area contributed by atoms with E-state index in [-0.39, 0.29) is 0 Å². The van der Waals surface area contributed by atoms with Gasteiger partial charge < -0.3 is 20.9 Å². The number of carboxylic acids is 2. The first-order valence-corrected chi connectivity index (χ1v) is 4.54. The number of H-pyrrole nitrogens is 1. The Kier molecular flexibility index (Phi) is 4.32. The van der Waals surface area contributed by atoms with E-state index in [2.05, 4.69) is 19.9 Å². The number of nitrogens with two attached hydrogens (primary N) is 1. The fourth-order valence-corrected chi connectivity index (χ4v) is 0.926. The second kappa shape index (κ2) is 5.94. The van der Waals surface area contributed by atoms with Crippen LogP contribution < -0.4 is 5.73 Å². The minimum absolute atomic E-state index is 0.433. The van der Waals surface area contributed by atoms with Gasteiger partial charge in [0.05, 0.1) is 6.33 Å². The van der Waals surface area contributed by atoms with Crippen molar-refractivity contribution in [3.05, 3.63) is 24.8 Å². The van der Waals surface area contributed by atoms with Gasteiger partial charge in [0.1, 0.15) is 11.8 Å². The van der Waals surface area contributed by atoms with Crippen LogP contribution >= 0.6 is 0 Å². The lowest BCUT2D eigenvalue weighted by molar-refractivity contribution is -0.134. The van der Waals surface area contributed by atoms with Crippen molar-refractivity contribution in [2.45, 2.75) is 0 Å². The average Bonchev–Trinajstić information content (AvgIpc) is 2.77. The zero-order valence-corrected chi connectivity index (χ0v) is 8.94. The maximum atomic E-state index is 9.55. The van der Waals surface area contributed by atoms with E-state index in [4.69, 9.17) is 15.9 Å². The molecule has 94 valence electrons. The third-order valence-electron chi connectivity index (χ3n) is 1.62. The van der Waals surface area contributed by atoms with Gasteiger partial charge in [0.25, 0.3) is 0 Å². The Hall–Kier alpha value is -2.97. The molecule has 0 radical (unpaired) electrons. The molecule has 0 fully saturated rings. The Balaban J connectivity index is 0.000000187. The molecule has 0 spiro atoms. The van der Waals surface area contributed by atoms with Crippen molar-refractivity contribution in [1.82, 2.24) is 19.9 Å². The van der Waals surface area contributed by atoms with Crippen LogP contribution in [0.5, 0.6) is 0 Å². The Morgan fingerprint density at radius 2 is 1.78 bits per heavy atom. The number of fused-ring (bicyclic) bond motifs is 1. The highest BCUT2D eigenvalue weighted by molar-refractivity contribution is 5.89. The highest BCUT2D eigenvalue weighted by Crippen LogP contribution is 2.09. The van der Waals surface area contributed by atoms with Crippen molar-refractivity contribution in [2.24, 2.45) is 0 Å². The Morgan fingerprint density at radius 3 is 2.28 bits per heavy atom. The molecule has 2 aromatic rings. The number of hydrogen-bond acceptors (Lipinski definition) is 6. The Bertz CT molecular complexity index is 575. The second-order valence-corrected chi connectivity index (χ2v) is 2.87. The van der Waals surface area contributed by atoms with Crippen LogP contribution in [0.25, 0.3) is 11.2 Å². The molecule has 5 N–H and O–H groups in total. The summed E-state index contributed by atoms with van der Waals surface area (Å²) in [7, 11) is 0. The average molecular weight is 251 g/mol. The summed E-state index contributed by atoms with van der Waals surface area (Å²) in [6, 6.07) is 0. The summed E-state index contributed by atoms with van der Waals surface area (Å²) in [6.07, 6.45) is 4.04. The van der Waals surface area contributed by atoms with E-state index in [9.17, 15) is 9.59 Å². The summed E-state index contributed by atoms with van der Waals surface area (Å²) in [5.41, 5.74) is 6.78. The molecule has 0 unspecified atom stereocenters. The second-order valence-electron chi connectivity index (χ2n) is 2.87. The van der Waals surface area contributed by atoms with Crippen LogP contribution in [-0.4, -0.2) is 42.1 Å².